The summed E-state index contributed by atoms with van der Waals surface area (Å²) in [5, 5.41) is 24.0. The fraction of sp³-hybridized carbons (Fsp3) is 0.471. The van der Waals surface area contributed by atoms with E-state index in [-0.39, 0.29) is 12.1 Å². The van der Waals surface area contributed by atoms with Crippen LogP contribution in [0, 0.1) is 0 Å². The summed E-state index contributed by atoms with van der Waals surface area (Å²) in [7, 11) is 0. The Morgan fingerprint density at radius 1 is 1.24 bits per heavy atom. The van der Waals surface area contributed by atoms with Crippen molar-refractivity contribution >= 4 is 6.03 Å². The number of nitrogens with zero attached hydrogens (tertiary/aromatic N) is 3. The van der Waals surface area contributed by atoms with Gasteiger partial charge in [-0.25, -0.2) is 4.79 Å². The molecule has 3 N–H and O–H groups in total. The van der Waals surface area contributed by atoms with Gasteiger partial charge in [0, 0.05) is 37.8 Å². The van der Waals surface area contributed by atoms with Crippen molar-refractivity contribution in [2.45, 2.75) is 31.7 Å². The van der Waals surface area contributed by atoms with Crippen molar-refractivity contribution < 1.29 is 14.7 Å². The molecular formula is C17H23N5O3. The number of urea groups is 1. The largest absolute Gasteiger partial charge is 0.425 e. The maximum absolute atomic E-state index is 11.8. The van der Waals surface area contributed by atoms with Crippen molar-refractivity contribution in [2.75, 3.05) is 19.8 Å². The molecule has 1 aliphatic rings. The Labute approximate surface area is 146 Å². The second-order valence-electron chi connectivity index (χ2n) is 6.01. The van der Waals surface area contributed by atoms with Crippen molar-refractivity contribution in [2.24, 2.45) is 0 Å². The van der Waals surface area contributed by atoms with Gasteiger partial charge in [0.15, 0.2) is 11.6 Å². The van der Waals surface area contributed by atoms with Crippen LogP contribution in [0.2, 0.25) is 0 Å². The first-order valence-electron chi connectivity index (χ1n) is 8.55. The predicted molar refractivity (Wildman–Crippen MR) is 91.3 cm³/mol. The first-order valence-corrected chi connectivity index (χ1v) is 8.55. The summed E-state index contributed by atoms with van der Waals surface area (Å²) in [6.07, 6.45) is 2.88. The summed E-state index contributed by atoms with van der Waals surface area (Å²) in [6, 6.07) is 9.41. The number of hydrogen-bond acceptors (Lipinski definition) is 5. The molecule has 2 heterocycles. The highest BCUT2D eigenvalue weighted by Gasteiger charge is 2.16. The molecule has 0 saturated carbocycles. The lowest BCUT2D eigenvalue weighted by molar-refractivity contribution is 0.0801. The number of rotatable bonds is 6. The van der Waals surface area contributed by atoms with Crippen LogP contribution in [-0.4, -0.2) is 52.0 Å². The fourth-order valence-electron chi connectivity index (χ4n) is 2.76. The minimum absolute atomic E-state index is 0.165. The number of aryl methyl sites for hydroxylation is 1. The van der Waals surface area contributed by atoms with Gasteiger partial charge in [0.25, 0.3) is 0 Å². The number of hydrogen-bond donors (Lipinski definition) is 3. The third-order valence-electron chi connectivity index (χ3n) is 4.16. The van der Waals surface area contributed by atoms with Crippen LogP contribution < -0.4 is 10.6 Å². The van der Waals surface area contributed by atoms with Crippen molar-refractivity contribution in [3.05, 3.63) is 36.2 Å². The van der Waals surface area contributed by atoms with Crippen LogP contribution in [0.1, 0.15) is 25.1 Å². The predicted octanol–water partition coefficient (Wildman–Crippen LogP) is 1.59. The lowest BCUT2D eigenvalue weighted by Gasteiger charge is -2.23. The minimum Gasteiger partial charge on any atom is -0.425 e. The molecule has 0 atom stereocenters. The van der Waals surface area contributed by atoms with Gasteiger partial charge >= 0.3 is 6.03 Å². The molecule has 2 amide bonds. The van der Waals surface area contributed by atoms with Gasteiger partial charge in [0.05, 0.1) is 0 Å². The van der Waals surface area contributed by atoms with E-state index in [0.717, 1.165) is 23.1 Å². The van der Waals surface area contributed by atoms with Crippen LogP contribution >= 0.6 is 0 Å². The molecular weight excluding hydrogens is 322 g/mol. The van der Waals surface area contributed by atoms with Crippen LogP contribution in [0.5, 0.6) is 0 Å². The normalized spacial score (nSPS) is 15.0. The number of aromatic nitrogens is 3. The molecule has 0 radical (unpaired) electrons. The van der Waals surface area contributed by atoms with Gasteiger partial charge in [-0.1, -0.05) is 30.3 Å². The number of benzene rings is 1. The monoisotopic (exact) mass is 345 g/mol. The van der Waals surface area contributed by atoms with Crippen molar-refractivity contribution in [1.29, 1.82) is 0 Å². The highest BCUT2D eigenvalue weighted by atomic mass is 16.5. The van der Waals surface area contributed by atoms with Gasteiger partial charge in [-0.3, -0.25) is 0 Å². The molecule has 1 saturated heterocycles. The molecule has 134 valence electrons. The number of amides is 2. The first-order chi connectivity index (χ1) is 12.2. The second-order valence-corrected chi connectivity index (χ2v) is 6.01. The summed E-state index contributed by atoms with van der Waals surface area (Å²) in [5.74, 6) is 0.895. The zero-order chi connectivity index (χ0) is 17.5. The van der Waals surface area contributed by atoms with E-state index < -0.39 is 0 Å². The van der Waals surface area contributed by atoms with Crippen molar-refractivity contribution in [3.63, 3.8) is 0 Å². The number of carbonyl (C=O) groups excluding carboxylic acids is 1. The second kappa shape index (κ2) is 8.48. The molecule has 25 heavy (non-hydrogen) atoms. The minimum atomic E-state index is -0.165. The lowest BCUT2D eigenvalue weighted by atomic mass is 10.1. The number of nitrogens with one attached hydrogen (secondary N) is 2. The number of ether oxygens (including phenoxy) is 1. The molecule has 1 aromatic heterocycles. The quantitative estimate of drug-likeness (QED) is 0.545. The van der Waals surface area contributed by atoms with Gasteiger partial charge in [-0.2, -0.15) is 4.73 Å². The maximum atomic E-state index is 11.8. The summed E-state index contributed by atoms with van der Waals surface area (Å²) in [5.41, 5.74) is 0.803. The maximum Gasteiger partial charge on any atom is 0.315 e. The van der Waals surface area contributed by atoms with E-state index in [1.165, 1.54) is 0 Å². The molecule has 8 heteroatoms. The van der Waals surface area contributed by atoms with E-state index in [9.17, 15) is 10.0 Å². The molecule has 3 rings (SSSR count). The van der Waals surface area contributed by atoms with E-state index in [1.54, 1.807) is 0 Å². The molecule has 1 aromatic carbocycles. The highest BCUT2D eigenvalue weighted by Crippen LogP contribution is 2.16. The van der Waals surface area contributed by atoms with Gasteiger partial charge in [-0.05, 0) is 19.3 Å². The molecule has 1 fully saturated rings. The van der Waals surface area contributed by atoms with E-state index in [4.69, 9.17) is 4.74 Å². The van der Waals surface area contributed by atoms with Crippen LogP contribution in [0.25, 0.3) is 11.4 Å². The van der Waals surface area contributed by atoms with E-state index in [2.05, 4.69) is 20.8 Å². The average molecular weight is 345 g/mol. The highest BCUT2D eigenvalue weighted by molar-refractivity contribution is 5.74. The zero-order valence-corrected chi connectivity index (χ0v) is 14.0. The van der Waals surface area contributed by atoms with Crippen LogP contribution in [-0.2, 0) is 11.2 Å². The fourth-order valence-corrected chi connectivity index (χ4v) is 2.76. The number of carbonyl (C=O) groups is 1. The third-order valence-corrected chi connectivity index (χ3v) is 4.16. The smallest absolute Gasteiger partial charge is 0.315 e. The van der Waals surface area contributed by atoms with Gasteiger partial charge < -0.3 is 20.6 Å². The summed E-state index contributed by atoms with van der Waals surface area (Å²) in [4.78, 5) is 11.8. The molecule has 0 bridgehead atoms. The Morgan fingerprint density at radius 3 is 2.76 bits per heavy atom. The van der Waals surface area contributed by atoms with Gasteiger partial charge in [0.2, 0.25) is 0 Å². The standard InChI is InChI=1S/C17H23N5O3/c23-17(19-14-8-11-25-12-9-14)18-10-4-7-15-20-21-16(22(15)24)13-5-2-1-3-6-13/h1-3,5-6,14,24H,4,7-12H2,(H2,18,19,23). The summed E-state index contributed by atoms with van der Waals surface area (Å²) < 4.78 is 6.27. The van der Waals surface area contributed by atoms with Gasteiger partial charge in [-0.15, -0.1) is 10.2 Å². The van der Waals surface area contributed by atoms with E-state index >= 15 is 0 Å². The Balaban J connectivity index is 1.42. The molecule has 0 spiro atoms. The third kappa shape index (κ3) is 4.69. The van der Waals surface area contributed by atoms with Crippen LogP contribution in [0.15, 0.2) is 30.3 Å². The average Bonchev–Trinajstić information content (AvgIpc) is 3.01. The molecule has 0 aliphatic carbocycles. The SMILES string of the molecule is O=C(NCCCc1nnc(-c2ccccc2)n1O)NC1CCOCC1. The van der Waals surface area contributed by atoms with Crippen molar-refractivity contribution in [1.82, 2.24) is 25.6 Å². The summed E-state index contributed by atoms with van der Waals surface area (Å²) >= 11 is 0. The Bertz CT molecular complexity index is 683. The van der Waals surface area contributed by atoms with Crippen molar-refractivity contribution in [3.8, 4) is 11.4 Å². The Morgan fingerprint density at radius 2 is 2.00 bits per heavy atom. The zero-order valence-electron chi connectivity index (χ0n) is 14.0. The molecule has 8 nitrogen and oxygen atoms in total. The van der Waals surface area contributed by atoms with Gasteiger partial charge in [0.1, 0.15) is 0 Å². The first kappa shape index (κ1) is 17.2. The van der Waals surface area contributed by atoms with E-state index in [1.807, 2.05) is 30.3 Å². The van der Waals surface area contributed by atoms with E-state index in [0.29, 0.717) is 44.2 Å². The lowest BCUT2D eigenvalue weighted by Crippen LogP contribution is -2.44. The molecule has 0 unspecified atom stereocenters. The van der Waals surface area contributed by atoms with Crippen LogP contribution in [0.4, 0.5) is 4.79 Å². The molecule has 2 aromatic rings. The Hall–Kier alpha value is -2.61. The molecule has 1 aliphatic heterocycles. The topological polar surface area (TPSA) is 101 Å². The van der Waals surface area contributed by atoms with Crippen LogP contribution in [0.3, 0.4) is 0 Å². The summed E-state index contributed by atoms with van der Waals surface area (Å²) in [6.45, 7) is 1.89. The Kier molecular flexibility index (Phi) is 5.84.